The average Bonchev–Trinajstić information content (AvgIpc) is 2.61. The summed E-state index contributed by atoms with van der Waals surface area (Å²) < 4.78 is 5.22. The van der Waals surface area contributed by atoms with Crippen LogP contribution >= 0.6 is 0 Å². The maximum Gasteiger partial charge on any atom is 0.320 e. The van der Waals surface area contributed by atoms with Crippen molar-refractivity contribution in [1.29, 1.82) is 0 Å². The molecule has 3 rings (SSSR count). The van der Waals surface area contributed by atoms with E-state index in [1.165, 1.54) is 0 Å². The molecule has 2 aromatic carbocycles. The predicted molar refractivity (Wildman–Crippen MR) is 89.7 cm³/mol. The van der Waals surface area contributed by atoms with E-state index in [-0.39, 0.29) is 12.5 Å². The molecule has 0 fully saturated rings. The van der Waals surface area contributed by atoms with Crippen molar-refractivity contribution in [2.45, 2.75) is 13.2 Å². The Kier molecular flexibility index (Phi) is 4.96. The van der Waals surface area contributed by atoms with Gasteiger partial charge in [0.1, 0.15) is 6.61 Å². The fourth-order valence-corrected chi connectivity index (χ4v) is 2.31. The summed E-state index contributed by atoms with van der Waals surface area (Å²) in [6.45, 7) is 1.07. The van der Waals surface area contributed by atoms with Crippen molar-refractivity contribution < 1.29 is 9.53 Å². The normalized spacial score (nSPS) is 10.6. The summed E-state index contributed by atoms with van der Waals surface area (Å²) in [6, 6.07) is 19.7. The highest BCUT2D eigenvalue weighted by Crippen LogP contribution is 2.12. The summed E-state index contributed by atoms with van der Waals surface area (Å²) in [6.07, 6.45) is 1.82. The van der Waals surface area contributed by atoms with Gasteiger partial charge in [0.15, 0.2) is 0 Å². The van der Waals surface area contributed by atoms with Crippen LogP contribution in [0, 0.1) is 0 Å². The monoisotopic (exact) mass is 306 g/mol. The molecule has 0 bridgehead atoms. The number of carbonyl (C=O) groups excluding carboxylic acids is 1. The molecule has 23 heavy (non-hydrogen) atoms. The summed E-state index contributed by atoms with van der Waals surface area (Å²) in [7, 11) is 0. The molecule has 0 saturated heterocycles. The molecule has 0 amide bonds. The maximum atomic E-state index is 11.7. The molecule has 3 aromatic rings. The molecule has 0 saturated carbocycles. The molecule has 0 unspecified atom stereocenters. The Hall–Kier alpha value is -2.72. The number of aromatic nitrogens is 1. The lowest BCUT2D eigenvalue weighted by atomic mass is 10.1. The first-order valence-corrected chi connectivity index (χ1v) is 7.55. The minimum atomic E-state index is -0.261. The number of nitrogens with one attached hydrogen (secondary N) is 1. The fraction of sp³-hybridized carbons (Fsp3) is 0.158. The van der Waals surface area contributed by atoms with Gasteiger partial charge >= 0.3 is 5.97 Å². The number of para-hydroxylation sites is 1. The number of nitrogens with zero attached hydrogens (tertiary/aromatic N) is 1. The van der Waals surface area contributed by atoms with Crippen LogP contribution in [0.4, 0.5) is 0 Å². The van der Waals surface area contributed by atoms with E-state index in [9.17, 15) is 4.79 Å². The van der Waals surface area contributed by atoms with Gasteiger partial charge in [-0.15, -0.1) is 0 Å². The van der Waals surface area contributed by atoms with Gasteiger partial charge in [-0.2, -0.15) is 0 Å². The highest BCUT2D eigenvalue weighted by molar-refractivity contribution is 5.78. The van der Waals surface area contributed by atoms with Gasteiger partial charge in [-0.05, 0) is 23.3 Å². The molecular weight excluding hydrogens is 288 g/mol. The summed E-state index contributed by atoms with van der Waals surface area (Å²) >= 11 is 0. The SMILES string of the molecule is O=C(CNCc1cnc2ccccc2c1)OCc1ccccc1. The second-order valence-corrected chi connectivity index (χ2v) is 5.29. The quantitative estimate of drug-likeness (QED) is 0.711. The highest BCUT2D eigenvalue weighted by Gasteiger charge is 2.03. The van der Waals surface area contributed by atoms with Crippen LogP contribution in [0.2, 0.25) is 0 Å². The first-order valence-electron chi connectivity index (χ1n) is 7.55. The van der Waals surface area contributed by atoms with E-state index in [0.29, 0.717) is 13.2 Å². The van der Waals surface area contributed by atoms with Crippen molar-refractivity contribution in [2.24, 2.45) is 0 Å². The van der Waals surface area contributed by atoms with Gasteiger partial charge in [-0.1, -0.05) is 48.5 Å². The number of fused-ring (bicyclic) bond motifs is 1. The summed E-state index contributed by atoms with van der Waals surface area (Å²) in [5, 5.41) is 4.18. The Morgan fingerprint density at radius 1 is 1.00 bits per heavy atom. The topological polar surface area (TPSA) is 51.2 Å². The second kappa shape index (κ2) is 7.51. The van der Waals surface area contributed by atoms with Gasteiger partial charge in [0.2, 0.25) is 0 Å². The largest absolute Gasteiger partial charge is 0.460 e. The van der Waals surface area contributed by atoms with Crippen LogP contribution in [-0.4, -0.2) is 17.5 Å². The Balaban J connectivity index is 1.45. The third kappa shape index (κ3) is 4.37. The summed E-state index contributed by atoms with van der Waals surface area (Å²) in [5.41, 5.74) is 3.00. The van der Waals surface area contributed by atoms with Gasteiger partial charge in [-0.25, -0.2) is 0 Å². The molecule has 1 N–H and O–H groups in total. The Labute approximate surface area is 135 Å². The molecule has 0 atom stereocenters. The van der Waals surface area contributed by atoms with Crippen LogP contribution in [0.25, 0.3) is 10.9 Å². The lowest BCUT2D eigenvalue weighted by Gasteiger charge is -2.07. The van der Waals surface area contributed by atoms with Crippen LogP contribution in [0.5, 0.6) is 0 Å². The third-order valence-electron chi connectivity index (χ3n) is 3.49. The Bertz CT molecular complexity index is 787. The van der Waals surface area contributed by atoms with Crippen molar-refractivity contribution in [3.63, 3.8) is 0 Å². The standard InChI is InChI=1S/C19H18N2O2/c22-19(23-14-15-6-2-1-3-7-15)13-20-11-16-10-17-8-4-5-9-18(17)21-12-16/h1-10,12,20H,11,13-14H2. The van der Waals surface area contributed by atoms with E-state index in [1.54, 1.807) is 0 Å². The zero-order valence-electron chi connectivity index (χ0n) is 12.7. The van der Waals surface area contributed by atoms with Crippen molar-refractivity contribution >= 4 is 16.9 Å². The van der Waals surface area contributed by atoms with Crippen molar-refractivity contribution in [3.05, 3.63) is 78.0 Å². The van der Waals surface area contributed by atoms with Crippen LogP contribution < -0.4 is 5.32 Å². The van der Waals surface area contributed by atoms with Gasteiger partial charge in [-0.3, -0.25) is 9.78 Å². The number of hydrogen-bond acceptors (Lipinski definition) is 4. The number of pyridine rings is 1. The molecule has 0 aliphatic carbocycles. The van der Waals surface area contributed by atoms with Gasteiger partial charge in [0.05, 0.1) is 12.1 Å². The fourth-order valence-electron chi connectivity index (χ4n) is 2.31. The minimum Gasteiger partial charge on any atom is -0.460 e. The van der Waals surface area contributed by atoms with E-state index in [2.05, 4.69) is 16.4 Å². The van der Waals surface area contributed by atoms with E-state index in [4.69, 9.17) is 4.74 Å². The molecule has 116 valence electrons. The number of ether oxygens (including phenoxy) is 1. The van der Waals surface area contributed by atoms with Gasteiger partial charge in [0, 0.05) is 18.1 Å². The van der Waals surface area contributed by atoms with Crippen LogP contribution in [0.3, 0.4) is 0 Å². The third-order valence-corrected chi connectivity index (χ3v) is 3.49. The first kappa shape index (κ1) is 15.2. The molecule has 0 spiro atoms. The Morgan fingerprint density at radius 2 is 1.78 bits per heavy atom. The van der Waals surface area contributed by atoms with Gasteiger partial charge in [0.25, 0.3) is 0 Å². The molecule has 4 nitrogen and oxygen atoms in total. The molecular formula is C19H18N2O2. The maximum absolute atomic E-state index is 11.7. The van der Waals surface area contributed by atoms with E-state index < -0.39 is 0 Å². The summed E-state index contributed by atoms with van der Waals surface area (Å²) in [5.74, 6) is -0.261. The lowest BCUT2D eigenvalue weighted by Crippen LogP contribution is -2.24. The smallest absolute Gasteiger partial charge is 0.320 e. The van der Waals surface area contributed by atoms with Crippen molar-refractivity contribution in [1.82, 2.24) is 10.3 Å². The number of hydrogen-bond donors (Lipinski definition) is 1. The van der Waals surface area contributed by atoms with Crippen molar-refractivity contribution in [2.75, 3.05) is 6.54 Å². The molecule has 0 aliphatic rings. The van der Waals surface area contributed by atoms with Crippen LogP contribution in [-0.2, 0) is 22.7 Å². The molecule has 1 heterocycles. The van der Waals surface area contributed by atoms with E-state index in [0.717, 1.165) is 22.0 Å². The van der Waals surface area contributed by atoms with Crippen LogP contribution in [0.15, 0.2) is 66.9 Å². The van der Waals surface area contributed by atoms with E-state index in [1.807, 2.05) is 60.8 Å². The molecule has 0 radical (unpaired) electrons. The van der Waals surface area contributed by atoms with Crippen LogP contribution in [0.1, 0.15) is 11.1 Å². The molecule has 1 aromatic heterocycles. The minimum absolute atomic E-state index is 0.180. The highest BCUT2D eigenvalue weighted by atomic mass is 16.5. The zero-order chi connectivity index (χ0) is 15.9. The number of esters is 1. The zero-order valence-corrected chi connectivity index (χ0v) is 12.7. The second-order valence-electron chi connectivity index (χ2n) is 5.29. The Morgan fingerprint density at radius 3 is 2.65 bits per heavy atom. The first-order chi connectivity index (χ1) is 11.3. The van der Waals surface area contributed by atoms with E-state index >= 15 is 0 Å². The van der Waals surface area contributed by atoms with Crippen molar-refractivity contribution in [3.8, 4) is 0 Å². The van der Waals surface area contributed by atoms with Gasteiger partial charge < -0.3 is 10.1 Å². The predicted octanol–water partition coefficient (Wildman–Crippen LogP) is 3.07. The molecule has 0 aliphatic heterocycles. The molecule has 4 heteroatoms. The number of benzene rings is 2. The number of carbonyl (C=O) groups is 1. The average molecular weight is 306 g/mol. The lowest BCUT2D eigenvalue weighted by molar-refractivity contribution is -0.143. The number of rotatable bonds is 6. The summed E-state index contributed by atoms with van der Waals surface area (Å²) in [4.78, 5) is 16.1.